The first-order valence-corrected chi connectivity index (χ1v) is 8.73. The SMILES string of the molecule is O=C1c2ccccc2C(=O)c2c(O)c(C(O)c3ccc(C(F)(F)F)cc3)cc(O)c21. The summed E-state index contributed by atoms with van der Waals surface area (Å²) in [7, 11) is 0. The number of hydrogen-bond acceptors (Lipinski definition) is 5. The molecule has 0 saturated heterocycles. The lowest BCUT2D eigenvalue weighted by Gasteiger charge is -2.22. The van der Waals surface area contributed by atoms with Crippen LogP contribution < -0.4 is 0 Å². The van der Waals surface area contributed by atoms with Crippen LogP contribution in [0.4, 0.5) is 13.2 Å². The van der Waals surface area contributed by atoms with Gasteiger partial charge in [-0.05, 0) is 23.8 Å². The van der Waals surface area contributed by atoms with E-state index in [0.717, 1.165) is 30.3 Å². The Morgan fingerprint density at radius 1 is 0.800 bits per heavy atom. The maximum Gasteiger partial charge on any atom is 0.416 e. The average Bonchev–Trinajstić information content (AvgIpc) is 2.72. The van der Waals surface area contributed by atoms with Gasteiger partial charge in [-0.3, -0.25) is 9.59 Å². The van der Waals surface area contributed by atoms with Gasteiger partial charge in [-0.15, -0.1) is 0 Å². The molecule has 1 unspecified atom stereocenters. The molecule has 0 amide bonds. The highest BCUT2D eigenvalue weighted by Gasteiger charge is 2.37. The highest BCUT2D eigenvalue weighted by atomic mass is 19.4. The van der Waals surface area contributed by atoms with Crippen LogP contribution in [0.25, 0.3) is 0 Å². The fourth-order valence-corrected chi connectivity index (χ4v) is 3.52. The Labute approximate surface area is 167 Å². The molecule has 152 valence electrons. The normalized spacial score (nSPS) is 14.3. The van der Waals surface area contributed by atoms with Gasteiger partial charge in [-0.25, -0.2) is 0 Å². The summed E-state index contributed by atoms with van der Waals surface area (Å²) in [6, 6.07) is 10.4. The van der Waals surface area contributed by atoms with Gasteiger partial charge in [0.1, 0.15) is 17.6 Å². The zero-order valence-electron chi connectivity index (χ0n) is 15.1. The number of hydrogen-bond donors (Lipinski definition) is 3. The monoisotopic (exact) mass is 414 g/mol. The molecular formula is C22H13F3O5. The number of rotatable bonds is 2. The van der Waals surface area contributed by atoms with E-state index in [9.17, 15) is 38.1 Å². The molecule has 1 aliphatic carbocycles. The Kier molecular flexibility index (Phi) is 4.39. The number of aliphatic hydroxyl groups is 1. The van der Waals surface area contributed by atoms with Crippen molar-refractivity contribution in [3.8, 4) is 11.5 Å². The Morgan fingerprint density at radius 2 is 1.33 bits per heavy atom. The lowest BCUT2D eigenvalue weighted by Crippen LogP contribution is -2.22. The van der Waals surface area contributed by atoms with E-state index >= 15 is 0 Å². The van der Waals surface area contributed by atoms with E-state index in [1.54, 1.807) is 6.07 Å². The van der Waals surface area contributed by atoms with Gasteiger partial charge in [0.05, 0.1) is 16.7 Å². The number of aromatic hydroxyl groups is 2. The second kappa shape index (κ2) is 6.70. The number of aliphatic hydroxyl groups excluding tert-OH is 1. The first-order chi connectivity index (χ1) is 14.1. The van der Waals surface area contributed by atoms with Gasteiger partial charge in [-0.1, -0.05) is 36.4 Å². The number of phenols is 2. The van der Waals surface area contributed by atoms with Crippen molar-refractivity contribution in [3.05, 3.63) is 93.5 Å². The number of alkyl halides is 3. The van der Waals surface area contributed by atoms with E-state index in [1.807, 2.05) is 0 Å². The van der Waals surface area contributed by atoms with Crippen LogP contribution in [0.15, 0.2) is 54.6 Å². The molecule has 3 aromatic rings. The van der Waals surface area contributed by atoms with Crippen molar-refractivity contribution >= 4 is 11.6 Å². The molecule has 0 aliphatic heterocycles. The highest BCUT2D eigenvalue weighted by Crippen LogP contribution is 2.43. The molecule has 0 spiro atoms. The summed E-state index contributed by atoms with van der Waals surface area (Å²) >= 11 is 0. The van der Waals surface area contributed by atoms with Gasteiger partial charge < -0.3 is 15.3 Å². The van der Waals surface area contributed by atoms with E-state index in [4.69, 9.17) is 0 Å². The Balaban J connectivity index is 1.83. The Bertz CT molecular complexity index is 1200. The van der Waals surface area contributed by atoms with Crippen molar-refractivity contribution < 1.29 is 38.1 Å². The molecule has 4 rings (SSSR count). The van der Waals surface area contributed by atoms with Crippen molar-refractivity contribution in [2.45, 2.75) is 12.3 Å². The Hall–Kier alpha value is -3.65. The largest absolute Gasteiger partial charge is 0.507 e. The zero-order chi connectivity index (χ0) is 21.8. The first-order valence-electron chi connectivity index (χ1n) is 8.73. The van der Waals surface area contributed by atoms with Crippen LogP contribution in [0.5, 0.6) is 11.5 Å². The maximum absolute atomic E-state index is 12.9. The number of halogens is 3. The van der Waals surface area contributed by atoms with Crippen molar-refractivity contribution in [1.82, 2.24) is 0 Å². The quantitative estimate of drug-likeness (QED) is 0.432. The summed E-state index contributed by atoms with van der Waals surface area (Å²) in [5.74, 6) is -2.72. The van der Waals surface area contributed by atoms with Gasteiger partial charge >= 0.3 is 6.18 Å². The number of phenolic OH excluding ortho intramolecular Hbond substituents is 2. The molecule has 8 heteroatoms. The van der Waals surface area contributed by atoms with Crippen molar-refractivity contribution in [2.24, 2.45) is 0 Å². The number of carbonyl (C=O) groups excluding carboxylic acids is 2. The summed E-state index contributed by atoms with van der Waals surface area (Å²) in [5.41, 5.74) is -1.99. The predicted molar refractivity (Wildman–Crippen MR) is 98.6 cm³/mol. The lowest BCUT2D eigenvalue weighted by molar-refractivity contribution is -0.137. The summed E-state index contributed by atoms with van der Waals surface area (Å²) in [4.78, 5) is 25.6. The number of benzene rings is 3. The van der Waals surface area contributed by atoms with Gasteiger partial charge in [0, 0.05) is 16.7 Å². The lowest BCUT2D eigenvalue weighted by atomic mass is 9.81. The summed E-state index contributed by atoms with van der Waals surface area (Å²) in [6.07, 6.45) is -6.21. The molecule has 0 aromatic heterocycles. The standard InChI is InChI=1S/C22H13F3O5/c23-22(24,25)11-7-5-10(6-8-11)18(27)14-9-15(26)16-17(21(14)30)20(29)13-4-2-1-3-12(13)19(16)28/h1-9,18,26-27,30H. The van der Waals surface area contributed by atoms with E-state index in [-0.39, 0.29) is 27.8 Å². The molecule has 3 aromatic carbocycles. The molecule has 0 bridgehead atoms. The van der Waals surface area contributed by atoms with E-state index < -0.39 is 46.5 Å². The van der Waals surface area contributed by atoms with Gasteiger partial charge in [-0.2, -0.15) is 13.2 Å². The zero-order valence-corrected chi connectivity index (χ0v) is 15.1. The minimum Gasteiger partial charge on any atom is -0.507 e. The molecule has 30 heavy (non-hydrogen) atoms. The van der Waals surface area contributed by atoms with Crippen LogP contribution in [0.1, 0.15) is 54.6 Å². The number of fused-ring (bicyclic) bond motifs is 2. The first kappa shape index (κ1) is 19.7. The topological polar surface area (TPSA) is 94.8 Å². The number of carbonyl (C=O) groups is 2. The third-order valence-electron chi connectivity index (χ3n) is 5.03. The van der Waals surface area contributed by atoms with Crippen LogP contribution >= 0.6 is 0 Å². The van der Waals surface area contributed by atoms with Crippen molar-refractivity contribution in [2.75, 3.05) is 0 Å². The molecule has 5 nitrogen and oxygen atoms in total. The fraction of sp³-hybridized carbons (Fsp3) is 0.0909. The van der Waals surface area contributed by atoms with Gasteiger partial charge in [0.2, 0.25) is 0 Å². The van der Waals surface area contributed by atoms with E-state index in [1.165, 1.54) is 18.2 Å². The van der Waals surface area contributed by atoms with Crippen LogP contribution in [0.3, 0.4) is 0 Å². The molecule has 0 saturated carbocycles. The molecule has 1 aliphatic rings. The van der Waals surface area contributed by atoms with Gasteiger partial charge in [0.25, 0.3) is 0 Å². The molecule has 0 fully saturated rings. The van der Waals surface area contributed by atoms with E-state index in [2.05, 4.69) is 0 Å². The third kappa shape index (κ3) is 2.93. The van der Waals surface area contributed by atoms with E-state index in [0.29, 0.717) is 0 Å². The third-order valence-corrected chi connectivity index (χ3v) is 5.03. The Morgan fingerprint density at radius 3 is 1.87 bits per heavy atom. The summed E-state index contributed by atoms with van der Waals surface area (Å²) < 4.78 is 38.2. The second-order valence-corrected chi connectivity index (χ2v) is 6.81. The van der Waals surface area contributed by atoms with Crippen LogP contribution in [-0.2, 0) is 6.18 Å². The molecular weight excluding hydrogens is 401 g/mol. The number of ketones is 2. The molecule has 3 N–H and O–H groups in total. The fourth-order valence-electron chi connectivity index (χ4n) is 3.52. The average molecular weight is 414 g/mol. The second-order valence-electron chi connectivity index (χ2n) is 6.81. The minimum atomic E-state index is -4.56. The predicted octanol–water partition coefficient (Wildman–Crippen LogP) is 3.97. The molecule has 0 heterocycles. The summed E-state index contributed by atoms with van der Waals surface area (Å²) in [6.45, 7) is 0. The van der Waals surface area contributed by atoms with Crippen LogP contribution in [-0.4, -0.2) is 26.9 Å². The smallest absolute Gasteiger partial charge is 0.416 e. The molecule has 1 atom stereocenters. The highest BCUT2D eigenvalue weighted by molar-refractivity contribution is 6.30. The van der Waals surface area contributed by atoms with Crippen molar-refractivity contribution in [3.63, 3.8) is 0 Å². The summed E-state index contributed by atoms with van der Waals surface area (Å²) in [5, 5.41) is 31.6. The minimum absolute atomic E-state index is 0.00682. The van der Waals surface area contributed by atoms with Gasteiger partial charge in [0.15, 0.2) is 11.6 Å². The van der Waals surface area contributed by atoms with Crippen LogP contribution in [0.2, 0.25) is 0 Å². The van der Waals surface area contributed by atoms with Crippen molar-refractivity contribution in [1.29, 1.82) is 0 Å². The molecule has 0 radical (unpaired) electrons. The maximum atomic E-state index is 12.9. The van der Waals surface area contributed by atoms with Crippen LogP contribution in [0, 0.1) is 0 Å².